The molecule has 0 saturated carbocycles. The van der Waals surface area contributed by atoms with Crippen molar-refractivity contribution < 1.29 is 4.52 Å². The van der Waals surface area contributed by atoms with Gasteiger partial charge < -0.3 is 10.3 Å². The van der Waals surface area contributed by atoms with Crippen molar-refractivity contribution in [1.82, 2.24) is 10.1 Å². The molecule has 0 fully saturated rings. The van der Waals surface area contributed by atoms with Gasteiger partial charge in [-0.15, -0.1) is 11.3 Å². The minimum absolute atomic E-state index is 0.146. The second kappa shape index (κ2) is 4.12. The van der Waals surface area contributed by atoms with E-state index in [0.717, 1.165) is 27.6 Å². The fourth-order valence-electron chi connectivity index (χ4n) is 1.34. The second-order valence-electron chi connectivity index (χ2n) is 3.60. The molecular formula is C10H13N3OS. The van der Waals surface area contributed by atoms with E-state index in [1.54, 1.807) is 17.5 Å². The summed E-state index contributed by atoms with van der Waals surface area (Å²) in [7, 11) is 0. The zero-order valence-electron chi connectivity index (χ0n) is 8.73. The number of hydrogen-bond acceptors (Lipinski definition) is 5. The van der Waals surface area contributed by atoms with Crippen LogP contribution in [0, 0.1) is 6.92 Å². The maximum atomic E-state index is 5.72. The topological polar surface area (TPSA) is 64.9 Å². The number of nitrogens with zero attached hydrogens (tertiary/aromatic N) is 2. The maximum absolute atomic E-state index is 5.72. The van der Waals surface area contributed by atoms with Gasteiger partial charge >= 0.3 is 0 Å². The van der Waals surface area contributed by atoms with Crippen molar-refractivity contribution in [2.75, 3.05) is 0 Å². The van der Waals surface area contributed by atoms with Crippen molar-refractivity contribution in [3.63, 3.8) is 0 Å². The van der Waals surface area contributed by atoms with E-state index in [1.807, 2.05) is 20.0 Å². The monoisotopic (exact) mass is 223 g/mol. The molecule has 80 valence electrons. The summed E-state index contributed by atoms with van der Waals surface area (Å²) in [6, 6.07) is 0.146. The van der Waals surface area contributed by atoms with Gasteiger partial charge in [0.2, 0.25) is 0 Å². The predicted octanol–water partition coefficient (Wildman–Crippen LogP) is 2.00. The zero-order chi connectivity index (χ0) is 10.8. The lowest BCUT2D eigenvalue weighted by Gasteiger charge is -1.98. The average Bonchev–Trinajstić information content (AvgIpc) is 2.72. The lowest BCUT2D eigenvalue weighted by molar-refractivity contribution is 0.398. The van der Waals surface area contributed by atoms with Crippen LogP contribution in [0.4, 0.5) is 0 Å². The molecule has 0 radical (unpaired) electrons. The first-order chi connectivity index (χ1) is 7.16. The molecule has 0 aliphatic heterocycles. The highest BCUT2D eigenvalue weighted by atomic mass is 32.1. The van der Waals surface area contributed by atoms with E-state index >= 15 is 0 Å². The van der Waals surface area contributed by atoms with Gasteiger partial charge in [0.15, 0.2) is 0 Å². The van der Waals surface area contributed by atoms with Crippen LogP contribution in [-0.2, 0) is 6.42 Å². The lowest BCUT2D eigenvalue weighted by atomic mass is 10.2. The van der Waals surface area contributed by atoms with Gasteiger partial charge in [0.1, 0.15) is 5.76 Å². The Morgan fingerprint density at radius 2 is 2.33 bits per heavy atom. The van der Waals surface area contributed by atoms with Crippen LogP contribution in [-0.4, -0.2) is 16.2 Å². The van der Waals surface area contributed by atoms with E-state index in [0.29, 0.717) is 0 Å². The third-order valence-electron chi connectivity index (χ3n) is 2.07. The molecule has 0 amide bonds. The first-order valence-electron chi connectivity index (χ1n) is 4.78. The number of nitrogens with two attached hydrogens (primary N) is 1. The van der Waals surface area contributed by atoms with E-state index in [9.17, 15) is 0 Å². The molecule has 0 bridgehead atoms. The number of thiazole rings is 1. The summed E-state index contributed by atoms with van der Waals surface area (Å²) in [6.07, 6.45) is 4.38. The largest absolute Gasteiger partial charge is 0.361 e. The van der Waals surface area contributed by atoms with Crippen LogP contribution in [0.1, 0.15) is 17.7 Å². The maximum Gasteiger partial charge on any atom is 0.142 e. The molecule has 5 heteroatoms. The molecule has 2 aromatic rings. The molecule has 2 N–H and O–H groups in total. The van der Waals surface area contributed by atoms with E-state index in [-0.39, 0.29) is 6.04 Å². The Balaban J connectivity index is 2.24. The highest BCUT2D eigenvalue weighted by Crippen LogP contribution is 2.28. The summed E-state index contributed by atoms with van der Waals surface area (Å²) in [6.45, 7) is 3.87. The Kier molecular flexibility index (Phi) is 2.83. The van der Waals surface area contributed by atoms with Gasteiger partial charge in [-0.25, -0.2) is 4.98 Å². The predicted molar refractivity (Wildman–Crippen MR) is 59.7 cm³/mol. The van der Waals surface area contributed by atoms with Gasteiger partial charge in [0, 0.05) is 18.7 Å². The molecular weight excluding hydrogens is 210 g/mol. The van der Waals surface area contributed by atoms with Crippen LogP contribution in [0.5, 0.6) is 0 Å². The Morgan fingerprint density at radius 1 is 1.53 bits per heavy atom. The summed E-state index contributed by atoms with van der Waals surface area (Å²) < 4.78 is 5.01. The van der Waals surface area contributed by atoms with E-state index in [4.69, 9.17) is 10.3 Å². The van der Waals surface area contributed by atoms with Gasteiger partial charge in [0.05, 0.1) is 21.6 Å². The Morgan fingerprint density at radius 3 is 2.93 bits per heavy atom. The van der Waals surface area contributed by atoms with Gasteiger partial charge in [-0.3, -0.25) is 0 Å². The molecule has 0 aliphatic carbocycles. The fraction of sp³-hybridized carbons (Fsp3) is 0.400. The lowest BCUT2D eigenvalue weighted by Crippen LogP contribution is -2.17. The molecule has 1 unspecified atom stereocenters. The minimum Gasteiger partial charge on any atom is -0.361 e. The van der Waals surface area contributed by atoms with Gasteiger partial charge in [-0.05, 0) is 13.8 Å². The van der Waals surface area contributed by atoms with Crippen molar-refractivity contribution in [3.8, 4) is 10.4 Å². The van der Waals surface area contributed by atoms with Crippen molar-refractivity contribution >= 4 is 11.3 Å². The average molecular weight is 223 g/mol. The summed E-state index contributed by atoms with van der Waals surface area (Å²) in [5, 5.41) is 4.80. The highest BCUT2D eigenvalue weighted by molar-refractivity contribution is 7.15. The van der Waals surface area contributed by atoms with E-state index in [2.05, 4.69) is 10.1 Å². The van der Waals surface area contributed by atoms with Crippen LogP contribution >= 0.6 is 11.3 Å². The van der Waals surface area contributed by atoms with Crippen molar-refractivity contribution in [3.05, 3.63) is 23.2 Å². The van der Waals surface area contributed by atoms with Crippen LogP contribution in [0.15, 0.2) is 16.9 Å². The molecule has 2 aromatic heterocycles. The van der Waals surface area contributed by atoms with Gasteiger partial charge in [-0.1, -0.05) is 5.16 Å². The summed E-state index contributed by atoms with van der Waals surface area (Å²) >= 11 is 1.64. The fourth-order valence-corrected chi connectivity index (χ4v) is 2.46. The van der Waals surface area contributed by atoms with E-state index < -0.39 is 0 Å². The molecule has 4 nitrogen and oxygen atoms in total. The first-order valence-corrected chi connectivity index (χ1v) is 5.60. The molecule has 2 heterocycles. The first kappa shape index (κ1) is 10.3. The van der Waals surface area contributed by atoms with Gasteiger partial charge in [-0.2, -0.15) is 0 Å². The smallest absolute Gasteiger partial charge is 0.142 e. The SMILES string of the molecule is Cc1oncc1-c1cnc(CC(C)N)s1. The third-order valence-corrected chi connectivity index (χ3v) is 3.12. The Hall–Kier alpha value is -1.20. The Bertz CT molecular complexity index is 447. The van der Waals surface area contributed by atoms with Crippen LogP contribution in [0.2, 0.25) is 0 Å². The van der Waals surface area contributed by atoms with Gasteiger partial charge in [0.25, 0.3) is 0 Å². The number of aryl methyl sites for hydroxylation is 1. The van der Waals surface area contributed by atoms with Crippen LogP contribution in [0.25, 0.3) is 10.4 Å². The standard InChI is InChI=1S/C10H13N3OS/c1-6(11)3-10-12-5-9(15-10)8-4-13-14-7(8)2/h4-6H,3,11H2,1-2H3. The normalized spacial score (nSPS) is 13.0. The molecule has 15 heavy (non-hydrogen) atoms. The summed E-state index contributed by atoms with van der Waals surface area (Å²) in [5.41, 5.74) is 6.74. The number of aromatic nitrogens is 2. The van der Waals surface area contributed by atoms with Crippen LogP contribution in [0.3, 0.4) is 0 Å². The second-order valence-corrected chi connectivity index (χ2v) is 4.71. The number of rotatable bonds is 3. The molecule has 0 aromatic carbocycles. The summed E-state index contributed by atoms with van der Waals surface area (Å²) in [5.74, 6) is 0.825. The molecule has 1 atom stereocenters. The third kappa shape index (κ3) is 2.24. The van der Waals surface area contributed by atoms with Crippen LogP contribution < -0.4 is 5.73 Å². The Labute approximate surface area is 92.1 Å². The molecule has 0 spiro atoms. The minimum atomic E-state index is 0.146. The van der Waals surface area contributed by atoms with E-state index in [1.165, 1.54) is 0 Å². The zero-order valence-corrected chi connectivity index (χ0v) is 9.54. The van der Waals surface area contributed by atoms with Crippen molar-refractivity contribution in [1.29, 1.82) is 0 Å². The molecule has 0 aliphatic rings. The van der Waals surface area contributed by atoms with Crippen molar-refractivity contribution in [2.45, 2.75) is 26.3 Å². The highest BCUT2D eigenvalue weighted by Gasteiger charge is 2.10. The number of hydrogen-bond donors (Lipinski definition) is 1. The van der Waals surface area contributed by atoms with Crippen molar-refractivity contribution in [2.24, 2.45) is 5.73 Å². The summed E-state index contributed by atoms with van der Waals surface area (Å²) in [4.78, 5) is 5.41. The quantitative estimate of drug-likeness (QED) is 0.864. The molecule has 0 saturated heterocycles. The molecule has 2 rings (SSSR count).